The number of rotatable bonds is 4. The molecule has 0 fully saturated rings. The Morgan fingerprint density at radius 3 is 2.67 bits per heavy atom. The predicted octanol–water partition coefficient (Wildman–Crippen LogP) is 1.74. The molecule has 1 aromatic carbocycles. The van der Waals surface area contributed by atoms with Gasteiger partial charge < -0.3 is 4.84 Å². The number of fused-ring (bicyclic) bond motifs is 1. The van der Waals surface area contributed by atoms with E-state index in [-0.39, 0.29) is 5.16 Å². The highest BCUT2D eigenvalue weighted by molar-refractivity contribution is 8.00. The van der Waals surface area contributed by atoms with Gasteiger partial charge in [-0.15, -0.1) is 4.73 Å². The summed E-state index contributed by atoms with van der Waals surface area (Å²) in [6, 6.07) is 10.8. The third-order valence-electron chi connectivity index (χ3n) is 2.62. The number of para-hydroxylation sites is 1. The third kappa shape index (κ3) is 3.15. The van der Waals surface area contributed by atoms with Crippen LogP contribution in [0, 0.1) is 22.7 Å². The van der Waals surface area contributed by atoms with Crippen LogP contribution in [0.3, 0.4) is 0 Å². The van der Waals surface area contributed by atoms with Crippen LogP contribution >= 0.6 is 11.8 Å². The highest BCUT2D eigenvalue weighted by atomic mass is 32.2. The average molecular weight is 300 g/mol. The van der Waals surface area contributed by atoms with Crippen molar-refractivity contribution in [3.8, 4) is 12.1 Å². The van der Waals surface area contributed by atoms with Crippen molar-refractivity contribution < 1.29 is 4.84 Å². The Morgan fingerprint density at radius 2 is 2.00 bits per heavy atom. The summed E-state index contributed by atoms with van der Waals surface area (Å²) >= 11 is 1.11. The van der Waals surface area contributed by atoms with Gasteiger partial charge in [-0.05, 0) is 26.0 Å². The maximum absolute atomic E-state index is 12.5. The molecule has 0 saturated carbocycles. The second-order valence-electron chi connectivity index (χ2n) is 4.28. The van der Waals surface area contributed by atoms with E-state index in [0.717, 1.165) is 16.5 Å². The van der Waals surface area contributed by atoms with E-state index in [4.69, 9.17) is 15.4 Å². The smallest absolute Gasteiger partial charge is 0.295 e. The summed E-state index contributed by atoms with van der Waals surface area (Å²) in [5.41, 5.74) is 0.134. The molecular formula is C14H12N4O2S. The molecule has 0 saturated heterocycles. The number of nitrogens with zero attached hydrogens (tertiary/aromatic N) is 4. The van der Waals surface area contributed by atoms with Crippen molar-refractivity contribution in [1.82, 2.24) is 9.71 Å². The van der Waals surface area contributed by atoms with Crippen LogP contribution in [0.15, 0.2) is 34.2 Å². The molecule has 0 radical (unpaired) electrons. The summed E-state index contributed by atoms with van der Waals surface area (Å²) in [4.78, 5) is 22.1. The van der Waals surface area contributed by atoms with Gasteiger partial charge in [0, 0.05) is 0 Å². The summed E-state index contributed by atoms with van der Waals surface area (Å²) in [7, 11) is 0. The van der Waals surface area contributed by atoms with Gasteiger partial charge in [-0.1, -0.05) is 23.9 Å². The van der Waals surface area contributed by atoms with Crippen LogP contribution in [0.4, 0.5) is 0 Å². The van der Waals surface area contributed by atoms with Crippen molar-refractivity contribution in [3.05, 3.63) is 34.6 Å². The number of thioether (sulfide) groups is 1. The molecule has 106 valence electrons. The van der Waals surface area contributed by atoms with Crippen LogP contribution in [-0.2, 0) is 0 Å². The molecule has 0 aliphatic rings. The zero-order chi connectivity index (χ0) is 15.4. The van der Waals surface area contributed by atoms with Crippen molar-refractivity contribution in [1.29, 1.82) is 10.5 Å². The molecule has 0 spiro atoms. The second-order valence-corrected chi connectivity index (χ2v) is 5.58. The van der Waals surface area contributed by atoms with Gasteiger partial charge in [-0.25, -0.2) is 4.98 Å². The van der Waals surface area contributed by atoms with E-state index in [0.29, 0.717) is 10.9 Å². The molecular weight excluding hydrogens is 288 g/mol. The van der Waals surface area contributed by atoms with E-state index in [1.165, 1.54) is 6.92 Å². The molecule has 2 aromatic rings. The minimum Gasteiger partial charge on any atom is -0.390 e. The molecule has 2 rings (SSSR count). The Labute approximate surface area is 125 Å². The lowest BCUT2D eigenvalue weighted by Crippen LogP contribution is -2.33. The fourth-order valence-electron chi connectivity index (χ4n) is 1.63. The topological polar surface area (TPSA) is 91.7 Å². The van der Waals surface area contributed by atoms with E-state index in [1.807, 2.05) is 6.07 Å². The number of aromatic nitrogens is 2. The van der Waals surface area contributed by atoms with Gasteiger partial charge >= 0.3 is 0 Å². The summed E-state index contributed by atoms with van der Waals surface area (Å²) in [6.45, 7) is 3.23. The van der Waals surface area contributed by atoms with E-state index < -0.39 is 16.9 Å². The monoisotopic (exact) mass is 300 g/mol. The Bertz CT molecular complexity index is 803. The van der Waals surface area contributed by atoms with Gasteiger partial charge in [-0.3, -0.25) is 4.79 Å². The predicted molar refractivity (Wildman–Crippen MR) is 78.6 cm³/mol. The first-order valence-corrected chi connectivity index (χ1v) is 7.09. The van der Waals surface area contributed by atoms with Crippen LogP contribution in [0.1, 0.15) is 13.8 Å². The SMILES string of the molecule is C[C@H](C#N)On1c(S[C@@H](C)C#N)nc2ccccc2c1=O. The maximum atomic E-state index is 12.5. The molecule has 0 bridgehead atoms. The maximum Gasteiger partial charge on any atom is 0.295 e. The highest BCUT2D eigenvalue weighted by Gasteiger charge is 2.17. The first-order valence-electron chi connectivity index (χ1n) is 6.21. The van der Waals surface area contributed by atoms with Gasteiger partial charge in [0.1, 0.15) is 6.07 Å². The van der Waals surface area contributed by atoms with Gasteiger partial charge in [-0.2, -0.15) is 10.5 Å². The van der Waals surface area contributed by atoms with Crippen molar-refractivity contribution in [3.63, 3.8) is 0 Å². The number of benzene rings is 1. The van der Waals surface area contributed by atoms with E-state index in [9.17, 15) is 4.79 Å². The number of nitriles is 2. The lowest BCUT2D eigenvalue weighted by molar-refractivity contribution is 0.0536. The molecule has 0 aliphatic heterocycles. The quantitative estimate of drug-likeness (QED) is 0.631. The van der Waals surface area contributed by atoms with Crippen LogP contribution < -0.4 is 10.4 Å². The van der Waals surface area contributed by atoms with Crippen molar-refractivity contribution in [2.45, 2.75) is 30.4 Å². The number of hydrogen-bond donors (Lipinski definition) is 0. The molecule has 6 nitrogen and oxygen atoms in total. The lowest BCUT2D eigenvalue weighted by atomic mass is 10.2. The van der Waals surface area contributed by atoms with Gasteiger partial charge in [0.15, 0.2) is 0 Å². The summed E-state index contributed by atoms with van der Waals surface area (Å²) in [5, 5.41) is 18.0. The minimum absolute atomic E-state index is 0.259. The standard InChI is InChI=1S/C14H12N4O2S/c1-9(7-15)20-18-13(19)11-5-3-4-6-12(11)17-14(18)21-10(2)8-16/h3-6,9-10H,1-2H3/t9-,10+/m1/s1. The van der Waals surface area contributed by atoms with Crippen molar-refractivity contribution in [2.24, 2.45) is 0 Å². The highest BCUT2D eigenvalue weighted by Crippen LogP contribution is 2.21. The summed E-state index contributed by atoms with van der Waals surface area (Å²) in [5.74, 6) is 0. The molecule has 2 atom stereocenters. The Morgan fingerprint density at radius 1 is 1.29 bits per heavy atom. The van der Waals surface area contributed by atoms with Gasteiger partial charge in [0.2, 0.25) is 11.3 Å². The molecule has 0 aliphatic carbocycles. The summed E-state index contributed by atoms with van der Waals surface area (Å²) in [6.07, 6.45) is -0.803. The fraction of sp³-hybridized carbons (Fsp3) is 0.286. The molecule has 0 unspecified atom stereocenters. The minimum atomic E-state index is -0.803. The normalized spacial score (nSPS) is 13.1. The molecule has 21 heavy (non-hydrogen) atoms. The van der Waals surface area contributed by atoms with Crippen LogP contribution in [-0.4, -0.2) is 21.1 Å². The number of hydrogen-bond acceptors (Lipinski definition) is 6. The molecule has 7 heteroatoms. The summed E-state index contributed by atoms with van der Waals surface area (Å²) < 4.78 is 0.995. The zero-order valence-electron chi connectivity index (χ0n) is 11.5. The van der Waals surface area contributed by atoms with Crippen molar-refractivity contribution >= 4 is 22.7 Å². The Kier molecular flexibility index (Phi) is 4.46. The van der Waals surface area contributed by atoms with Crippen LogP contribution in [0.2, 0.25) is 0 Å². The molecule has 0 N–H and O–H groups in total. The zero-order valence-corrected chi connectivity index (χ0v) is 12.3. The Balaban J connectivity index is 2.63. The van der Waals surface area contributed by atoms with Crippen molar-refractivity contribution in [2.75, 3.05) is 0 Å². The van der Waals surface area contributed by atoms with E-state index in [1.54, 1.807) is 31.2 Å². The third-order valence-corrected chi connectivity index (χ3v) is 3.54. The Hall–Kier alpha value is -2.51. The van der Waals surface area contributed by atoms with Crippen LogP contribution in [0.5, 0.6) is 0 Å². The average Bonchev–Trinajstić information content (AvgIpc) is 2.50. The van der Waals surface area contributed by atoms with Gasteiger partial charge in [0.25, 0.3) is 5.56 Å². The van der Waals surface area contributed by atoms with Gasteiger partial charge in [0.05, 0.1) is 22.2 Å². The first kappa shape index (κ1) is 14.9. The lowest BCUT2D eigenvalue weighted by Gasteiger charge is -2.15. The molecule has 1 aromatic heterocycles. The largest absolute Gasteiger partial charge is 0.390 e. The van der Waals surface area contributed by atoms with E-state index in [2.05, 4.69) is 11.1 Å². The van der Waals surface area contributed by atoms with Crippen LogP contribution in [0.25, 0.3) is 10.9 Å². The fourth-order valence-corrected chi connectivity index (χ4v) is 2.37. The second kappa shape index (κ2) is 6.29. The molecule has 1 heterocycles. The molecule has 0 amide bonds. The van der Waals surface area contributed by atoms with E-state index >= 15 is 0 Å². The first-order chi connectivity index (χ1) is 10.1.